The van der Waals surface area contributed by atoms with Crippen molar-refractivity contribution in [3.05, 3.63) is 83.7 Å². The Bertz CT molecular complexity index is 1930. The number of aromatic nitrogens is 1. The number of carbonyl (C=O) groups is 5. The van der Waals surface area contributed by atoms with Crippen LogP contribution in [0, 0.1) is 23.0 Å². The van der Waals surface area contributed by atoms with Gasteiger partial charge < -0.3 is 41.4 Å². The molecule has 4 amide bonds. The van der Waals surface area contributed by atoms with E-state index in [1.54, 1.807) is 12.3 Å². The van der Waals surface area contributed by atoms with Gasteiger partial charge in [-0.25, -0.2) is 8.78 Å². The SMILES string of the molecule is CC(C)(C)[C@H](c1cc(-c2cc(F)ccc2F)cn1Cc1ccccc1)N(CC[C@H](N)C(=O)NCCNC(=O)CNC(=O)C(CC(=O)O)C[C](C)(C)[Al]1[CH2]C[CH2]1)C(=O)CO. The van der Waals surface area contributed by atoms with Gasteiger partial charge in [0.25, 0.3) is 14.1 Å². The third-order valence-corrected chi connectivity index (χ3v) is 15.9. The van der Waals surface area contributed by atoms with Gasteiger partial charge in [-0.3, -0.25) is 24.0 Å². The molecule has 13 nitrogen and oxygen atoms in total. The molecule has 3 atom stereocenters. The zero-order valence-electron chi connectivity index (χ0n) is 34.7. The molecule has 320 valence electrons. The van der Waals surface area contributed by atoms with Crippen molar-refractivity contribution in [2.45, 2.75) is 93.8 Å². The van der Waals surface area contributed by atoms with Crippen molar-refractivity contribution in [2.24, 2.45) is 17.1 Å². The fourth-order valence-electron chi connectivity index (χ4n) is 7.86. The Morgan fingerprint density at radius 3 is 2.22 bits per heavy atom. The summed E-state index contributed by atoms with van der Waals surface area (Å²) in [6.45, 7) is 9.14. The lowest BCUT2D eigenvalue weighted by atomic mass is 9.82. The van der Waals surface area contributed by atoms with Crippen LogP contribution < -0.4 is 21.7 Å². The molecule has 7 N–H and O–H groups in total. The molecule has 1 aliphatic heterocycles. The van der Waals surface area contributed by atoms with Crippen LogP contribution in [-0.2, 0) is 30.5 Å². The van der Waals surface area contributed by atoms with E-state index in [1.807, 2.05) is 55.7 Å². The number of aliphatic hydroxyl groups excluding tert-OH is 1. The number of nitrogens with two attached hydrogens (primary N) is 1. The highest BCUT2D eigenvalue weighted by atomic mass is 27.2. The molecule has 0 radical (unpaired) electrons. The topological polar surface area (TPSA) is 196 Å². The number of halogens is 2. The van der Waals surface area contributed by atoms with Crippen molar-refractivity contribution < 1.29 is 43.0 Å². The van der Waals surface area contributed by atoms with Gasteiger partial charge in [0.05, 0.1) is 25.0 Å². The minimum absolute atomic E-state index is 0.00483. The number of aliphatic carboxylic acids is 1. The van der Waals surface area contributed by atoms with Crippen molar-refractivity contribution in [1.82, 2.24) is 25.4 Å². The van der Waals surface area contributed by atoms with Crippen LogP contribution in [0.5, 0.6) is 0 Å². The highest BCUT2D eigenvalue weighted by molar-refractivity contribution is 6.64. The van der Waals surface area contributed by atoms with Crippen molar-refractivity contribution >= 4 is 43.7 Å². The molecule has 1 fully saturated rings. The molecule has 2 aromatic carbocycles. The molecule has 0 aliphatic carbocycles. The van der Waals surface area contributed by atoms with Crippen LogP contribution in [0.4, 0.5) is 8.78 Å². The number of carboxylic acids is 1. The number of benzene rings is 2. The van der Waals surface area contributed by atoms with Gasteiger partial charge in [-0.1, -0.05) is 86.2 Å². The summed E-state index contributed by atoms with van der Waals surface area (Å²) in [5.74, 6) is -5.17. The van der Waals surface area contributed by atoms with Crippen molar-refractivity contribution in [3.8, 4) is 11.1 Å². The second-order valence-electron chi connectivity index (χ2n) is 17.3. The summed E-state index contributed by atoms with van der Waals surface area (Å²) in [4.78, 5) is 65.0. The maximum absolute atomic E-state index is 15.1. The zero-order chi connectivity index (χ0) is 43.5. The van der Waals surface area contributed by atoms with Crippen LogP contribution >= 0.6 is 0 Å². The van der Waals surface area contributed by atoms with Gasteiger partial charge in [-0.05, 0) is 48.1 Å². The first-order valence-electron chi connectivity index (χ1n) is 20.2. The maximum Gasteiger partial charge on any atom is 0.304 e. The Kier molecular flexibility index (Phi) is 16.8. The number of rotatable bonds is 21. The predicted octanol–water partition coefficient (Wildman–Crippen LogP) is 4.62. The zero-order valence-corrected chi connectivity index (χ0v) is 35.9. The Morgan fingerprint density at radius 1 is 0.932 bits per heavy atom. The number of nitrogens with zero attached hydrogens (tertiary/aromatic N) is 2. The molecule has 16 heteroatoms. The van der Waals surface area contributed by atoms with Gasteiger partial charge in [0, 0.05) is 55.1 Å². The number of aliphatic hydroxyl groups is 1. The fraction of sp³-hybridized carbons (Fsp3) is 0.512. The Morgan fingerprint density at radius 2 is 1.61 bits per heavy atom. The monoisotopic (exact) mass is 836 g/mol. The molecule has 0 saturated carbocycles. The van der Waals surface area contributed by atoms with E-state index in [0.717, 1.165) is 23.8 Å². The first-order chi connectivity index (χ1) is 27.8. The van der Waals surface area contributed by atoms with Crippen molar-refractivity contribution in [1.29, 1.82) is 0 Å². The summed E-state index contributed by atoms with van der Waals surface area (Å²) in [5, 5.41) is 29.7. The van der Waals surface area contributed by atoms with E-state index in [0.29, 0.717) is 24.2 Å². The fourth-order valence-corrected chi connectivity index (χ4v) is 10.9. The van der Waals surface area contributed by atoms with Gasteiger partial charge in [-0.2, -0.15) is 0 Å². The van der Waals surface area contributed by atoms with Crippen LogP contribution in [0.3, 0.4) is 0 Å². The maximum atomic E-state index is 15.1. The minimum atomic E-state index is -1.08. The summed E-state index contributed by atoms with van der Waals surface area (Å²) in [6.07, 6.45) is 3.04. The molecule has 1 aromatic heterocycles. The second-order valence-corrected chi connectivity index (χ2v) is 21.4. The molecular formula is C43H59AlF2N6O7. The summed E-state index contributed by atoms with van der Waals surface area (Å²) in [6, 6.07) is 12.6. The van der Waals surface area contributed by atoms with Gasteiger partial charge in [0.2, 0.25) is 23.6 Å². The Labute approximate surface area is 349 Å². The van der Waals surface area contributed by atoms with Crippen molar-refractivity contribution in [3.63, 3.8) is 0 Å². The highest BCUT2D eigenvalue weighted by Crippen LogP contribution is 2.46. The van der Waals surface area contributed by atoms with Gasteiger partial charge in [0.15, 0.2) is 0 Å². The third-order valence-electron chi connectivity index (χ3n) is 11.2. The van der Waals surface area contributed by atoms with Crippen molar-refractivity contribution in [2.75, 3.05) is 32.8 Å². The molecule has 4 rings (SSSR count). The van der Waals surface area contributed by atoms with Gasteiger partial charge in [-0.15, -0.1) is 0 Å². The molecule has 1 unspecified atom stereocenters. The number of nitrogens with one attached hydrogen (secondary N) is 3. The molecule has 2 heterocycles. The summed E-state index contributed by atoms with van der Waals surface area (Å²) >= 11 is -1.04. The lowest BCUT2D eigenvalue weighted by Gasteiger charge is -2.41. The van der Waals surface area contributed by atoms with Gasteiger partial charge >= 0.3 is 5.97 Å². The largest absolute Gasteiger partial charge is 0.481 e. The number of amides is 4. The first kappa shape index (κ1) is 47.1. The van der Waals surface area contributed by atoms with E-state index in [9.17, 15) is 38.6 Å². The smallest absolute Gasteiger partial charge is 0.304 e. The first-order valence-corrected chi connectivity index (χ1v) is 22.4. The normalized spacial score (nSPS) is 14.4. The molecule has 3 aromatic rings. The lowest BCUT2D eigenvalue weighted by molar-refractivity contribution is -0.141. The summed E-state index contributed by atoms with van der Waals surface area (Å²) in [7, 11) is 0. The quantitative estimate of drug-likeness (QED) is 0.0661. The number of hydrogen-bond donors (Lipinski definition) is 6. The molecule has 59 heavy (non-hydrogen) atoms. The highest BCUT2D eigenvalue weighted by Gasteiger charge is 2.42. The lowest BCUT2D eigenvalue weighted by Crippen LogP contribution is -2.48. The minimum Gasteiger partial charge on any atom is -0.481 e. The molecule has 1 aliphatic rings. The molecule has 0 bridgehead atoms. The van der Waals surface area contributed by atoms with Crippen LogP contribution in [0.15, 0.2) is 60.8 Å². The molecular weight excluding hydrogens is 777 g/mol. The number of hydrogen-bond acceptors (Lipinski definition) is 7. The van der Waals surface area contributed by atoms with Crippen LogP contribution in [0.25, 0.3) is 11.1 Å². The molecule has 1 saturated heterocycles. The number of carboxylic acid groups (broad SMARTS) is 1. The average molecular weight is 837 g/mol. The van der Waals surface area contributed by atoms with Crippen LogP contribution in [0.2, 0.25) is 14.8 Å². The average Bonchev–Trinajstić information content (AvgIpc) is 3.54. The Hall–Kier alpha value is -4.62. The Balaban J connectivity index is 1.38. The van der Waals surface area contributed by atoms with E-state index in [1.165, 1.54) is 21.9 Å². The van der Waals surface area contributed by atoms with E-state index in [2.05, 4.69) is 29.8 Å². The third kappa shape index (κ3) is 13.4. The van der Waals surface area contributed by atoms with Gasteiger partial charge in [0.1, 0.15) is 18.2 Å². The number of carbonyl (C=O) groups excluding carboxylic acids is 4. The van der Waals surface area contributed by atoms with E-state index >= 15 is 4.39 Å². The summed E-state index contributed by atoms with van der Waals surface area (Å²) in [5.41, 5.74) is 7.60. The van der Waals surface area contributed by atoms with E-state index < -0.39 is 85.4 Å². The predicted molar refractivity (Wildman–Crippen MR) is 222 cm³/mol. The van der Waals surface area contributed by atoms with E-state index in [4.69, 9.17) is 5.73 Å². The van der Waals surface area contributed by atoms with Crippen LogP contribution in [0.1, 0.15) is 77.6 Å². The van der Waals surface area contributed by atoms with Crippen LogP contribution in [-0.4, -0.2) is 102 Å². The second kappa shape index (κ2) is 21.1. The molecule has 0 spiro atoms. The van der Waals surface area contributed by atoms with E-state index in [-0.39, 0.29) is 48.9 Å². The summed E-state index contributed by atoms with van der Waals surface area (Å²) < 4.78 is 31.2. The standard InChI is InChI=1S/C40H53F2N6O7.C3H6.Al/c1-25(2)17-27(19-36(52)53)38(54)46-21-34(50)44-14-15-45-39(55)32(43)13-16-48(35(51)24-49)37(40(3,4)5)33-18-28(30-20-29(41)11-12-31(30)42)23-47(33)22-26-9-7-6-8-10-26;1-3-2;/h6-12,18,20,23,27,32,37,49H,13-17,19,21-22,24,43H2,1-5H3,(H,44,50)(H,45,55)(H,46,54)(H,52,53);1-3H2;/t27?,32-,37-;;/m0../s1.